The Kier molecular flexibility index (Phi) is 4.33. The first kappa shape index (κ1) is 15.6. The van der Waals surface area contributed by atoms with Crippen molar-refractivity contribution in [2.24, 2.45) is 0 Å². The molecule has 1 N–H and O–H groups in total. The maximum absolute atomic E-state index is 6.47. The number of benzene rings is 1. The number of nitrogens with one attached hydrogen (secondary N) is 1. The molecule has 0 atom stereocenters. The quantitative estimate of drug-likeness (QED) is 0.924. The van der Waals surface area contributed by atoms with E-state index in [1.54, 1.807) is 0 Å². The van der Waals surface area contributed by atoms with Crippen LogP contribution >= 0.6 is 11.6 Å². The van der Waals surface area contributed by atoms with Crippen molar-refractivity contribution in [1.29, 1.82) is 0 Å². The van der Waals surface area contributed by atoms with E-state index >= 15 is 0 Å². The van der Waals surface area contributed by atoms with Gasteiger partial charge in [-0.3, -0.25) is 0 Å². The maximum Gasteiger partial charge on any atom is 0.0808 e. The second-order valence-electron chi connectivity index (χ2n) is 6.76. The monoisotopic (exact) mass is 296 g/mol. The molecule has 0 bridgehead atoms. The standard InChI is InChI=1S/C16H25ClN2O/c1-15(2)10-19(11-16(3,4)20-15)14-12(9-18-5)7-6-8-13(14)17/h6-8,18H,9-11H2,1-5H3. The molecule has 1 aliphatic heterocycles. The molecule has 1 aliphatic rings. The van der Waals surface area contributed by atoms with Gasteiger partial charge >= 0.3 is 0 Å². The molecule has 112 valence electrons. The van der Waals surface area contributed by atoms with E-state index in [4.69, 9.17) is 16.3 Å². The first-order chi connectivity index (χ1) is 9.24. The molecule has 4 heteroatoms. The van der Waals surface area contributed by atoms with Crippen molar-refractivity contribution < 1.29 is 4.74 Å². The van der Waals surface area contributed by atoms with Gasteiger partial charge in [-0.25, -0.2) is 0 Å². The minimum absolute atomic E-state index is 0.183. The number of para-hydroxylation sites is 1. The third-order valence-electron chi connectivity index (χ3n) is 3.45. The van der Waals surface area contributed by atoms with E-state index in [0.29, 0.717) is 0 Å². The number of ether oxygens (including phenoxy) is 1. The average molecular weight is 297 g/mol. The topological polar surface area (TPSA) is 24.5 Å². The highest BCUT2D eigenvalue weighted by molar-refractivity contribution is 6.33. The summed E-state index contributed by atoms with van der Waals surface area (Å²) < 4.78 is 6.15. The molecule has 3 nitrogen and oxygen atoms in total. The maximum atomic E-state index is 6.47. The van der Waals surface area contributed by atoms with E-state index < -0.39 is 0 Å². The molecule has 0 aromatic heterocycles. The van der Waals surface area contributed by atoms with Gasteiger partial charge in [0.15, 0.2) is 0 Å². The summed E-state index contributed by atoms with van der Waals surface area (Å²) in [5.74, 6) is 0. The summed E-state index contributed by atoms with van der Waals surface area (Å²) in [7, 11) is 1.96. The fourth-order valence-electron chi connectivity index (χ4n) is 3.19. The molecule has 0 radical (unpaired) electrons. The Balaban J connectivity index is 2.40. The van der Waals surface area contributed by atoms with Crippen LogP contribution in [0.15, 0.2) is 18.2 Å². The van der Waals surface area contributed by atoms with Crippen LogP contribution < -0.4 is 10.2 Å². The molecule has 0 unspecified atom stereocenters. The van der Waals surface area contributed by atoms with Gasteiger partial charge in [0.25, 0.3) is 0 Å². The van der Waals surface area contributed by atoms with Gasteiger partial charge in [-0.05, 0) is 46.4 Å². The predicted octanol–water partition coefficient (Wildman–Crippen LogP) is 3.45. The summed E-state index contributed by atoms with van der Waals surface area (Å²) in [5.41, 5.74) is 2.00. The molecule has 0 spiro atoms. The Morgan fingerprint density at radius 3 is 2.35 bits per heavy atom. The average Bonchev–Trinajstić information content (AvgIpc) is 2.24. The molecule has 0 amide bonds. The molecule has 0 saturated carbocycles. The highest BCUT2D eigenvalue weighted by Gasteiger charge is 2.39. The van der Waals surface area contributed by atoms with Crippen molar-refractivity contribution in [3.63, 3.8) is 0 Å². The minimum Gasteiger partial charge on any atom is -0.366 e. The second kappa shape index (κ2) is 5.55. The number of nitrogens with zero attached hydrogens (tertiary/aromatic N) is 1. The Bertz CT molecular complexity index is 469. The fourth-order valence-corrected chi connectivity index (χ4v) is 3.51. The molecule has 1 saturated heterocycles. The molecular weight excluding hydrogens is 272 g/mol. The number of anilines is 1. The lowest BCUT2D eigenvalue weighted by Gasteiger charge is -2.48. The van der Waals surface area contributed by atoms with Crippen LogP contribution in [0.3, 0.4) is 0 Å². The van der Waals surface area contributed by atoms with Gasteiger partial charge in [-0.2, -0.15) is 0 Å². The van der Waals surface area contributed by atoms with Gasteiger partial charge in [0.05, 0.1) is 21.9 Å². The van der Waals surface area contributed by atoms with Crippen molar-refractivity contribution in [3.05, 3.63) is 28.8 Å². The van der Waals surface area contributed by atoms with Crippen molar-refractivity contribution in [2.45, 2.75) is 45.4 Å². The van der Waals surface area contributed by atoms with E-state index in [2.05, 4.69) is 44.0 Å². The van der Waals surface area contributed by atoms with Crippen molar-refractivity contribution in [3.8, 4) is 0 Å². The van der Waals surface area contributed by atoms with Crippen molar-refractivity contribution in [1.82, 2.24) is 5.32 Å². The van der Waals surface area contributed by atoms with E-state index in [-0.39, 0.29) is 11.2 Å². The summed E-state index contributed by atoms with van der Waals surface area (Å²) >= 11 is 6.47. The molecule has 1 aromatic carbocycles. The van der Waals surface area contributed by atoms with E-state index in [1.165, 1.54) is 5.56 Å². The van der Waals surface area contributed by atoms with Crippen LogP contribution in [0, 0.1) is 0 Å². The summed E-state index contributed by atoms with van der Waals surface area (Å²) in [4.78, 5) is 2.36. The van der Waals surface area contributed by atoms with Gasteiger partial charge in [-0.15, -0.1) is 0 Å². The highest BCUT2D eigenvalue weighted by Crippen LogP contribution is 2.36. The SMILES string of the molecule is CNCc1cccc(Cl)c1N1CC(C)(C)OC(C)(C)C1. The number of hydrogen-bond donors (Lipinski definition) is 1. The zero-order chi connectivity index (χ0) is 15.0. The van der Waals surface area contributed by atoms with Crippen LogP contribution in [0.4, 0.5) is 5.69 Å². The lowest BCUT2D eigenvalue weighted by Crippen LogP contribution is -2.57. The highest BCUT2D eigenvalue weighted by atomic mass is 35.5. The van der Waals surface area contributed by atoms with Crippen LogP contribution in [0.5, 0.6) is 0 Å². The zero-order valence-corrected chi connectivity index (χ0v) is 13.8. The number of rotatable bonds is 3. The van der Waals surface area contributed by atoms with Crippen LogP contribution in [-0.2, 0) is 11.3 Å². The largest absolute Gasteiger partial charge is 0.366 e. The normalized spacial score (nSPS) is 21.0. The Morgan fingerprint density at radius 1 is 1.20 bits per heavy atom. The van der Waals surface area contributed by atoms with Crippen molar-refractivity contribution >= 4 is 17.3 Å². The molecule has 1 fully saturated rings. The van der Waals surface area contributed by atoms with Crippen molar-refractivity contribution in [2.75, 3.05) is 25.0 Å². The lowest BCUT2D eigenvalue weighted by molar-refractivity contribution is -0.133. The van der Waals surface area contributed by atoms with Crippen LogP contribution in [-0.4, -0.2) is 31.3 Å². The van der Waals surface area contributed by atoms with Gasteiger partial charge in [0.1, 0.15) is 0 Å². The van der Waals surface area contributed by atoms with E-state index in [0.717, 1.165) is 30.3 Å². The Morgan fingerprint density at radius 2 is 1.80 bits per heavy atom. The van der Waals surface area contributed by atoms with E-state index in [9.17, 15) is 0 Å². The smallest absolute Gasteiger partial charge is 0.0808 e. The first-order valence-corrected chi connectivity index (χ1v) is 7.49. The Labute approximate surface area is 127 Å². The third-order valence-corrected chi connectivity index (χ3v) is 3.75. The third kappa shape index (κ3) is 3.46. The van der Waals surface area contributed by atoms with Gasteiger partial charge in [-0.1, -0.05) is 23.7 Å². The Hall–Kier alpha value is -0.770. The number of halogens is 1. The van der Waals surface area contributed by atoms with Crippen LogP contribution in [0.2, 0.25) is 5.02 Å². The lowest BCUT2D eigenvalue weighted by atomic mass is 9.97. The predicted molar refractivity (Wildman–Crippen MR) is 85.7 cm³/mol. The second-order valence-corrected chi connectivity index (χ2v) is 7.16. The molecule has 1 aromatic rings. The molecular formula is C16H25ClN2O. The van der Waals surface area contributed by atoms with E-state index in [1.807, 2.05) is 19.2 Å². The van der Waals surface area contributed by atoms with Crippen LogP contribution in [0.25, 0.3) is 0 Å². The molecule has 0 aliphatic carbocycles. The molecule has 20 heavy (non-hydrogen) atoms. The van der Waals surface area contributed by atoms with Gasteiger partial charge in [0, 0.05) is 19.6 Å². The fraction of sp³-hybridized carbons (Fsp3) is 0.625. The zero-order valence-electron chi connectivity index (χ0n) is 13.1. The van der Waals surface area contributed by atoms with Gasteiger partial charge in [0.2, 0.25) is 0 Å². The number of morpholine rings is 1. The summed E-state index contributed by atoms with van der Waals surface area (Å²) in [6, 6.07) is 6.11. The van der Waals surface area contributed by atoms with Crippen LogP contribution in [0.1, 0.15) is 33.3 Å². The molecule has 2 rings (SSSR count). The van der Waals surface area contributed by atoms with Gasteiger partial charge < -0.3 is 15.0 Å². The molecule has 1 heterocycles. The number of hydrogen-bond acceptors (Lipinski definition) is 3. The minimum atomic E-state index is -0.183. The first-order valence-electron chi connectivity index (χ1n) is 7.11. The summed E-state index contributed by atoms with van der Waals surface area (Å²) in [6.45, 7) is 11.0. The summed E-state index contributed by atoms with van der Waals surface area (Å²) in [5, 5.41) is 4.03. The summed E-state index contributed by atoms with van der Waals surface area (Å²) in [6.07, 6.45) is 0.